The molecule has 2 aromatic rings. The van der Waals surface area contributed by atoms with E-state index in [9.17, 15) is 23.1 Å². The van der Waals surface area contributed by atoms with Gasteiger partial charge in [0.25, 0.3) is 5.69 Å². The maximum atomic E-state index is 11.7. The van der Waals surface area contributed by atoms with Gasteiger partial charge in [0.15, 0.2) is 0 Å². The van der Waals surface area contributed by atoms with Gasteiger partial charge in [0.05, 0.1) is 26.6 Å². The number of fused-ring (bicyclic) bond motifs is 1. The molecule has 0 atom stereocenters. The molecule has 0 saturated heterocycles. The van der Waals surface area contributed by atoms with Crippen molar-refractivity contribution in [1.82, 2.24) is 0 Å². The van der Waals surface area contributed by atoms with Crippen LogP contribution in [0, 0.1) is 10.1 Å². The van der Waals surface area contributed by atoms with Crippen LogP contribution in [-0.2, 0) is 14.6 Å². The maximum Gasteiger partial charge on any atom is 0.344 e. The molecule has 0 saturated carbocycles. The average Bonchev–Trinajstić information content (AvgIpc) is 2.42. The van der Waals surface area contributed by atoms with Crippen molar-refractivity contribution in [3.8, 4) is 0 Å². The number of hydrogen-bond donors (Lipinski definition) is 5. The highest BCUT2D eigenvalue weighted by molar-refractivity contribution is 7.89. The molecule has 2 aromatic carbocycles. The number of non-ortho nitro benzene ring substituents is 1. The quantitative estimate of drug-likeness (QED) is 0.213. The van der Waals surface area contributed by atoms with Crippen LogP contribution < -0.4 is 16.2 Å². The molecule has 7 N–H and O–H groups in total. The van der Waals surface area contributed by atoms with Crippen LogP contribution in [0.1, 0.15) is 0 Å². The Morgan fingerprint density at radius 2 is 1.96 bits per heavy atom. The van der Waals surface area contributed by atoms with Crippen LogP contribution in [0.5, 0.6) is 0 Å². The van der Waals surface area contributed by atoms with Gasteiger partial charge in [-0.15, -0.1) is 0 Å². The van der Waals surface area contributed by atoms with Crippen LogP contribution in [0.2, 0.25) is 0 Å². The lowest BCUT2D eigenvalue weighted by Crippen LogP contribution is -2.14. The molecular formula is C11H13N4O7PS. The highest BCUT2D eigenvalue weighted by atomic mass is 32.2. The van der Waals surface area contributed by atoms with Gasteiger partial charge in [0, 0.05) is 11.5 Å². The van der Waals surface area contributed by atoms with Gasteiger partial charge in [0.1, 0.15) is 6.29 Å². The number of nitrogens with two attached hydrogens (primary N) is 2. The minimum atomic E-state index is -4.45. The molecule has 11 nitrogen and oxygen atoms in total. The molecule has 0 fully saturated rings. The summed E-state index contributed by atoms with van der Waals surface area (Å²) in [6.07, 6.45) is -0.788. The minimum Gasteiger partial charge on any atom is -0.397 e. The molecule has 2 rings (SSSR count). The van der Waals surface area contributed by atoms with E-state index in [2.05, 4.69) is 5.32 Å². The van der Waals surface area contributed by atoms with Gasteiger partial charge in [-0.3, -0.25) is 14.7 Å². The number of rotatable bonds is 5. The Balaban J connectivity index is 2.88. The number of hydrogen-bond acceptors (Lipinski definition) is 7. The molecule has 0 aliphatic heterocycles. The first-order valence-electron chi connectivity index (χ1n) is 6.22. The Bertz CT molecular complexity index is 986. The van der Waals surface area contributed by atoms with E-state index in [4.69, 9.17) is 20.7 Å². The molecular weight excluding hydrogens is 363 g/mol. The predicted molar refractivity (Wildman–Crippen MR) is 86.9 cm³/mol. The number of nitrogen functional groups attached to an aromatic ring is 1. The van der Waals surface area contributed by atoms with Crippen molar-refractivity contribution < 1.29 is 27.7 Å². The van der Waals surface area contributed by atoms with Crippen molar-refractivity contribution in [3.05, 3.63) is 34.4 Å². The molecule has 0 aliphatic carbocycles. The summed E-state index contributed by atoms with van der Waals surface area (Å²) in [5.74, 6) is 0. The highest BCUT2D eigenvalue weighted by Gasteiger charge is 2.25. The van der Waals surface area contributed by atoms with Crippen LogP contribution in [0.3, 0.4) is 0 Å². The van der Waals surface area contributed by atoms with E-state index < -0.39 is 39.4 Å². The zero-order chi connectivity index (χ0) is 18.3. The second kappa shape index (κ2) is 6.00. The third-order valence-electron chi connectivity index (χ3n) is 3.10. The Morgan fingerprint density at radius 1 is 1.33 bits per heavy atom. The Labute approximate surface area is 135 Å². The standard InChI is InChI=1S/C11H13N4O7PS/c12-7-4-8(15(16)17)10-6(11(7)14-5-23(18,19)20)2-1-3-9(10)24(13,21)22/h1-4,14H,5,12H2,(H2,13,21,22)(H2,18,19,20). The maximum absolute atomic E-state index is 11.7. The molecule has 0 aromatic heterocycles. The van der Waals surface area contributed by atoms with Crippen molar-refractivity contribution in [2.45, 2.75) is 4.90 Å². The monoisotopic (exact) mass is 376 g/mol. The smallest absolute Gasteiger partial charge is 0.344 e. The van der Waals surface area contributed by atoms with E-state index in [1.54, 1.807) is 0 Å². The van der Waals surface area contributed by atoms with Gasteiger partial charge in [-0.1, -0.05) is 12.1 Å². The minimum absolute atomic E-state index is 0.00155. The van der Waals surface area contributed by atoms with Gasteiger partial charge in [-0.05, 0) is 6.07 Å². The van der Waals surface area contributed by atoms with E-state index in [0.717, 1.165) is 12.1 Å². The molecule has 0 heterocycles. The number of nitrogens with one attached hydrogen (secondary N) is 1. The first-order chi connectivity index (χ1) is 10.9. The summed E-state index contributed by atoms with van der Waals surface area (Å²) in [6, 6.07) is 4.61. The second-order valence-corrected chi connectivity index (χ2v) is 8.02. The second-order valence-electron chi connectivity index (χ2n) is 4.84. The normalized spacial score (nSPS) is 12.3. The number of sulfonamides is 1. The van der Waals surface area contributed by atoms with Crippen LogP contribution in [0.15, 0.2) is 29.2 Å². The van der Waals surface area contributed by atoms with E-state index in [-0.39, 0.29) is 22.1 Å². The lowest BCUT2D eigenvalue weighted by Gasteiger charge is -2.15. The summed E-state index contributed by atoms with van der Waals surface area (Å²) < 4.78 is 34.4. The molecule has 0 aliphatic rings. The van der Waals surface area contributed by atoms with Gasteiger partial charge in [0.2, 0.25) is 10.0 Å². The molecule has 0 radical (unpaired) electrons. The van der Waals surface area contributed by atoms with Crippen molar-refractivity contribution in [3.63, 3.8) is 0 Å². The Morgan fingerprint density at radius 3 is 2.46 bits per heavy atom. The molecule has 24 heavy (non-hydrogen) atoms. The Kier molecular flexibility index (Phi) is 4.52. The number of nitro groups is 1. The zero-order valence-electron chi connectivity index (χ0n) is 11.9. The summed E-state index contributed by atoms with van der Waals surface area (Å²) in [5, 5.41) is 18.4. The third-order valence-corrected chi connectivity index (χ3v) is 4.62. The van der Waals surface area contributed by atoms with Crippen LogP contribution >= 0.6 is 7.60 Å². The number of anilines is 2. The van der Waals surface area contributed by atoms with Gasteiger partial charge >= 0.3 is 7.60 Å². The molecule has 130 valence electrons. The number of nitro benzene ring substituents is 1. The van der Waals surface area contributed by atoms with Crippen molar-refractivity contribution in [2.75, 3.05) is 17.3 Å². The van der Waals surface area contributed by atoms with Crippen LogP contribution in [-0.4, -0.2) is 29.4 Å². The third kappa shape index (κ3) is 3.63. The molecule has 0 spiro atoms. The van der Waals surface area contributed by atoms with Crippen molar-refractivity contribution in [2.24, 2.45) is 5.14 Å². The summed E-state index contributed by atoms with van der Waals surface area (Å²) in [6.45, 7) is 0. The predicted octanol–water partition coefficient (Wildman–Crippen LogP) is 0.525. The zero-order valence-corrected chi connectivity index (χ0v) is 13.6. The lowest BCUT2D eigenvalue weighted by atomic mass is 10.1. The van der Waals surface area contributed by atoms with E-state index in [1.165, 1.54) is 12.1 Å². The number of primary sulfonamides is 1. The van der Waals surface area contributed by atoms with Crippen LogP contribution in [0.4, 0.5) is 17.1 Å². The highest BCUT2D eigenvalue weighted by Crippen LogP contribution is 2.41. The van der Waals surface area contributed by atoms with E-state index in [0.29, 0.717) is 0 Å². The first-order valence-corrected chi connectivity index (χ1v) is 9.57. The largest absolute Gasteiger partial charge is 0.397 e. The Hall–Kier alpha value is -2.24. The summed E-state index contributed by atoms with van der Waals surface area (Å²) in [4.78, 5) is 27.8. The van der Waals surface area contributed by atoms with Crippen molar-refractivity contribution in [1.29, 1.82) is 0 Å². The lowest BCUT2D eigenvalue weighted by molar-refractivity contribution is -0.383. The average molecular weight is 376 g/mol. The first kappa shape index (κ1) is 18.1. The fourth-order valence-electron chi connectivity index (χ4n) is 2.21. The van der Waals surface area contributed by atoms with Gasteiger partial charge in [-0.2, -0.15) is 0 Å². The fraction of sp³-hybridized carbons (Fsp3) is 0.0909. The SMILES string of the molecule is Nc1cc([N+](=O)[O-])c2c(S(N)(=O)=O)cccc2c1NCP(=O)(O)O. The topological polar surface area (TPSA) is 199 Å². The van der Waals surface area contributed by atoms with Crippen molar-refractivity contribution >= 4 is 45.5 Å². The summed E-state index contributed by atoms with van der Waals surface area (Å²) >= 11 is 0. The van der Waals surface area contributed by atoms with Gasteiger partial charge < -0.3 is 20.8 Å². The fourth-order valence-corrected chi connectivity index (χ4v) is 3.34. The number of benzene rings is 2. The number of nitrogens with zero attached hydrogens (tertiary/aromatic N) is 1. The van der Waals surface area contributed by atoms with Crippen LogP contribution in [0.25, 0.3) is 10.8 Å². The molecule has 0 bridgehead atoms. The molecule has 13 heteroatoms. The summed E-state index contributed by atoms with van der Waals surface area (Å²) in [5.41, 5.74) is 4.91. The molecule has 0 unspecified atom stereocenters. The van der Waals surface area contributed by atoms with E-state index in [1.807, 2.05) is 0 Å². The molecule has 0 amide bonds. The van der Waals surface area contributed by atoms with Gasteiger partial charge in [-0.25, -0.2) is 13.6 Å². The van der Waals surface area contributed by atoms with E-state index >= 15 is 0 Å². The summed E-state index contributed by atoms with van der Waals surface area (Å²) in [7, 11) is -8.73.